The van der Waals surface area contributed by atoms with Crippen molar-refractivity contribution in [1.29, 1.82) is 0 Å². The third-order valence-electron chi connectivity index (χ3n) is 8.09. The molecule has 0 radical (unpaired) electrons. The number of anilines is 2. The molecule has 2 aliphatic heterocycles. The van der Waals surface area contributed by atoms with E-state index in [1.54, 1.807) is 0 Å². The van der Waals surface area contributed by atoms with E-state index in [-0.39, 0.29) is 6.04 Å². The van der Waals surface area contributed by atoms with Gasteiger partial charge in [-0.3, -0.25) is 4.90 Å². The van der Waals surface area contributed by atoms with E-state index < -0.39 is 0 Å². The van der Waals surface area contributed by atoms with Crippen molar-refractivity contribution in [2.24, 2.45) is 0 Å². The van der Waals surface area contributed by atoms with Gasteiger partial charge in [-0.15, -0.1) is 0 Å². The molecular formula is C31H39N7O2. The van der Waals surface area contributed by atoms with Gasteiger partial charge in [-0.25, -0.2) is 4.98 Å². The van der Waals surface area contributed by atoms with Crippen molar-refractivity contribution in [3.05, 3.63) is 65.5 Å². The zero-order valence-electron chi connectivity index (χ0n) is 24.0. The monoisotopic (exact) mass is 541 g/mol. The molecule has 0 unspecified atom stereocenters. The molecule has 0 spiro atoms. The number of ether oxygens (including phenoxy) is 1. The minimum absolute atomic E-state index is 0.0755. The molecule has 4 aromatic rings. The Morgan fingerprint density at radius 2 is 1.75 bits per heavy atom. The SMILES string of the molecule is Cc1noc(C)c1-c1ccc2nc(N3CCN(CCN(C)C)CC3)nc(N3CCOC[C@@H]3c3ccccc3)c2c1. The fourth-order valence-corrected chi connectivity index (χ4v) is 5.83. The first-order chi connectivity index (χ1) is 19.5. The van der Waals surface area contributed by atoms with Gasteiger partial charge in [0.25, 0.3) is 0 Å². The molecule has 0 saturated carbocycles. The van der Waals surface area contributed by atoms with Crippen LogP contribution in [0.5, 0.6) is 0 Å². The summed E-state index contributed by atoms with van der Waals surface area (Å²) in [5.41, 5.74) is 5.17. The topological polar surface area (TPSA) is 74.0 Å². The van der Waals surface area contributed by atoms with Crippen molar-refractivity contribution < 1.29 is 9.26 Å². The van der Waals surface area contributed by atoms with Gasteiger partial charge in [-0.05, 0) is 51.2 Å². The number of nitrogens with zero attached hydrogens (tertiary/aromatic N) is 7. The number of hydrogen-bond donors (Lipinski definition) is 0. The second-order valence-electron chi connectivity index (χ2n) is 11.1. The Labute approximate surface area is 236 Å². The van der Waals surface area contributed by atoms with E-state index in [1.807, 2.05) is 13.8 Å². The van der Waals surface area contributed by atoms with Gasteiger partial charge in [0.05, 0.1) is 30.5 Å². The highest BCUT2D eigenvalue weighted by Gasteiger charge is 2.29. The molecule has 9 heteroatoms. The van der Waals surface area contributed by atoms with Crippen molar-refractivity contribution in [2.45, 2.75) is 19.9 Å². The maximum Gasteiger partial charge on any atom is 0.227 e. The summed E-state index contributed by atoms with van der Waals surface area (Å²) in [4.78, 5) is 19.9. The maximum absolute atomic E-state index is 5.99. The Balaban J connectivity index is 1.41. The van der Waals surface area contributed by atoms with Crippen molar-refractivity contribution in [3.63, 3.8) is 0 Å². The summed E-state index contributed by atoms with van der Waals surface area (Å²) in [6, 6.07) is 17.1. The van der Waals surface area contributed by atoms with Crippen molar-refractivity contribution >= 4 is 22.7 Å². The van der Waals surface area contributed by atoms with E-state index in [4.69, 9.17) is 19.2 Å². The quantitative estimate of drug-likeness (QED) is 0.343. The van der Waals surface area contributed by atoms with Crippen LogP contribution in [0.25, 0.3) is 22.0 Å². The van der Waals surface area contributed by atoms with Crippen LogP contribution in [-0.2, 0) is 4.74 Å². The predicted molar refractivity (Wildman–Crippen MR) is 159 cm³/mol. The van der Waals surface area contributed by atoms with Crippen LogP contribution in [0.3, 0.4) is 0 Å². The Bertz CT molecular complexity index is 1430. The minimum atomic E-state index is 0.0755. The van der Waals surface area contributed by atoms with Gasteiger partial charge in [0.1, 0.15) is 11.6 Å². The van der Waals surface area contributed by atoms with Gasteiger partial charge in [-0.1, -0.05) is 41.6 Å². The fraction of sp³-hybridized carbons (Fsp3) is 0.452. The van der Waals surface area contributed by atoms with E-state index in [1.165, 1.54) is 5.56 Å². The third-order valence-corrected chi connectivity index (χ3v) is 8.09. The molecular weight excluding hydrogens is 502 g/mol. The van der Waals surface area contributed by atoms with Crippen molar-refractivity contribution in [1.82, 2.24) is 24.9 Å². The molecule has 6 rings (SSSR count). The summed E-state index contributed by atoms with van der Waals surface area (Å²) >= 11 is 0. The van der Waals surface area contributed by atoms with E-state index >= 15 is 0 Å². The Kier molecular flexibility index (Phi) is 7.69. The summed E-state index contributed by atoms with van der Waals surface area (Å²) in [6.45, 7) is 12.0. The summed E-state index contributed by atoms with van der Waals surface area (Å²) < 4.78 is 11.5. The van der Waals surface area contributed by atoms with Gasteiger partial charge < -0.3 is 24.0 Å². The number of rotatable bonds is 7. The highest BCUT2D eigenvalue weighted by atomic mass is 16.5. The first kappa shape index (κ1) is 26.7. The molecule has 210 valence electrons. The molecule has 0 bridgehead atoms. The third kappa shape index (κ3) is 5.41. The van der Waals surface area contributed by atoms with Crippen molar-refractivity contribution in [3.8, 4) is 11.1 Å². The van der Waals surface area contributed by atoms with Crippen LogP contribution in [0, 0.1) is 13.8 Å². The van der Waals surface area contributed by atoms with Crippen LogP contribution < -0.4 is 9.80 Å². The fourth-order valence-electron chi connectivity index (χ4n) is 5.83. The lowest BCUT2D eigenvalue weighted by molar-refractivity contribution is 0.0939. The lowest BCUT2D eigenvalue weighted by Crippen LogP contribution is -2.48. The number of piperazine rings is 1. The molecule has 2 aliphatic rings. The zero-order valence-corrected chi connectivity index (χ0v) is 24.0. The molecule has 2 saturated heterocycles. The molecule has 1 atom stereocenters. The van der Waals surface area contributed by atoms with Crippen molar-refractivity contribution in [2.75, 3.05) is 82.9 Å². The predicted octanol–water partition coefficient (Wildman–Crippen LogP) is 4.16. The average Bonchev–Trinajstić information content (AvgIpc) is 3.33. The van der Waals surface area contributed by atoms with Crippen LogP contribution >= 0.6 is 0 Å². The molecule has 9 nitrogen and oxygen atoms in total. The van der Waals surface area contributed by atoms with Gasteiger partial charge in [0.2, 0.25) is 5.95 Å². The molecule has 40 heavy (non-hydrogen) atoms. The maximum atomic E-state index is 5.99. The largest absolute Gasteiger partial charge is 0.377 e. The van der Waals surface area contributed by atoms with E-state index in [0.717, 1.165) is 91.1 Å². The van der Waals surface area contributed by atoms with E-state index in [0.29, 0.717) is 13.2 Å². The molecule has 4 heterocycles. The van der Waals surface area contributed by atoms with Crippen LogP contribution in [0.1, 0.15) is 23.1 Å². The number of aromatic nitrogens is 3. The second-order valence-corrected chi connectivity index (χ2v) is 11.1. The summed E-state index contributed by atoms with van der Waals surface area (Å²) in [5.74, 6) is 2.58. The van der Waals surface area contributed by atoms with E-state index in [9.17, 15) is 0 Å². The smallest absolute Gasteiger partial charge is 0.227 e. The summed E-state index contributed by atoms with van der Waals surface area (Å²) in [6.07, 6.45) is 0. The number of hydrogen-bond acceptors (Lipinski definition) is 9. The Hall–Kier alpha value is -3.53. The second kappa shape index (κ2) is 11.5. The summed E-state index contributed by atoms with van der Waals surface area (Å²) in [7, 11) is 4.26. The standard InChI is InChI=1S/C31H39N7O2/c1-22-29(23(2)40-34-22)25-10-11-27-26(20-25)30(38-18-19-39-21-28(38)24-8-6-5-7-9-24)33-31(32-27)37-16-14-36(15-17-37)13-12-35(3)4/h5-11,20,28H,12-19,21H2,1-4H3/t28-/m1/s1. The average molecular weight is 542 g/mol. The summed E-state index contributed by atoms with van der Waals surface area (Å²) in [5, 5.41) is 5.23. The van der Waals surface area contributed by atoms with Gasteiger partial charge in [-0.2, -0.15) is 4.98 Å². The first-order valence-electron chi connectivity index (χ1n) is 14.2. The number of fused-ring (bicyclic) bond motifs is 1. The number of aryl methyl sites for hydroxylation is 2. The Morgan fingerprint density at radius 1 is 0.950 bits per heavy atom. The number of morpholine rings is 1. The molecule has 2 fully saturated rings. The van der Waals surface area contributed by atoms with E-state index in [2.05, 4.69) is 87.4 Å². The highest BCUT2D eigenvalue weighted by Crippen LogP contribution is 2.37. The minimum Gasteiger partial charge on any atom is -0.377 e. The molecule has 2 aromatic carbocycles. The van der Waals surface area contributed by atoms with Crippen LogP contribution in [0.2, 0.25) is 0 Å². The molecule has 2 aromatic heterocycles. The van der Waals surface area contributed by atoms with Crippen LogP contribution in [0.4, 0.5) is 11.8 Å². The zero-order chi connectivity index (χ0) is 27.6. The van der Waals surface area contributed by atoms with Gasteiger partial charge in [0.15, 0.2) is 0 Å². The normalized spacial score (nSPS) is 18.7. The molecule has 0 amide bonds. The van der Waals surface area contributed by atoms with Gasteiger partial charge >= 0.3 is 0 Å². The van der Waals surface area contributed by atoms with Crippen LogP contribution in [-0.4, -0.2) is 98.0 Å². The number of likely N-dealkylation sites (N-methyl/N-ethyl adjacent to an activating group) is 1. The van der Waals surface area contributed by atoms with Gasteiger partial charge in [0, 0.05) is 56.8 Å². The lowest BCUT2D eigenvalue weighted by Gasteiger charge is -2.39. The highest BCUT2D eigenvalue weighted by molar-refractivity contribution is 5.94. The van der Waals surface area contributed by atoms with Crippen LogP contribution in [0.15, 0.2) is 53.1 Å². The lowest BCUT2D eigenvalue weighted by atomic mass is 10.0. The Morgan fingerprint density at radius 3 is 2.48 bits per heavy atom. The first-order valence-corrected chi connectivity index (χ1v) is 14.2. The number of benzene rings is 2. The molecule has 0 aliphatic carbocycles. The molecule has 0 N–H and O–H groups in total.